The summed E-state index contributed by atoms with van der Waals surface area (Å²) in [5, 5.41) is 53.8. The van der Waals surface area contributed by atoms with Gasteiger partial charge in [-0.2, -0.15) is 0 Å². The summed E-state index contributed by atoms with van der Waals surface area (Å²) < 4.78 is 12.1. The molecule has 1 aromatic heterocycles. The van der Waals surface area contributed by atoms with Gasteiger partial charge in [0.05, 0.1) is 6.10 Å². The lowest BCUT2D eigenvalue weighted by Crippen LogP contribution is -2.46. The van der Waals surface area contributed by atoms with Gasteiger partial charge in [-0.25, -0.2) is 0 Å². The van der Waals surface area contributed by atoms with Crippen molar-refractivity contribution in [2.75, 3.05) is 0 Å². The Labute approximate surface area is 220 Å². The summed E-state index contributed by atoms with van der Waals surface area (Å²) in [5.74, 6) is -1.90. The first kappa shape index (κ1) is 27.1. The summed E-state index contributed by atoms with van der Waals surface area (Å²) in [5.41, 5.74) is -0.315. The maximum Gasteiger partial charge on any atom is 0.238 e. The zero-order chi connectivity index (χ0) is 28.3. The lowest BCUT2D eigenvalue weighted by molar-refractivity contribution is -0.0427. The smallest absolute Gasteiger partial charge is 0.238 e. The number of allylic oxidation sites excluding steroid dienone is 3. The van der Waals surface area contributed by atoms with Crippen molar-refractivity contribution in [3.05, 3.63) is 63.4 Å². The highest BCUT2D eigenvalue weighted by Gasteiger charge is 2.39. The van der Waals surface area contributed by atoms with E-state index in [1.807, 2.05) is 19.9 Å². The van der Waals surface area contributed by atoms with Crippen molar-refractivity contribution < 1.29 is 34.7 Å². The van der Waals surface area contributed by atoms with Gasteiger partial charge in [0.25, 0.3) is 0 Å². The van der Waals surface area contributed by atoms with E-state index in [-0.39, 0.29) is 51.5 Å². The monoisotopic (exact) mass is 522 g/mol. The third-order valence-corrected chi connectivity index (χ3v) is 7.26. The minimum atomic E-state index is -0.947. The molecule has 0 spiro atoms. The van der Waals surface area contributed by atoms with E-state index in [9.17, 15) is 30.3 Å². The van der Waals surface area contributed by atoms with Gasteiger partial charge in [0.2, 0.25) is 11.2 Å². The molecule has 2 heterocycles. The van der Waals surface area contributed by atoms with Crippen LogP contribution in [0.1, 0.15) is 58.2 Å². The predicted octanol–water partition coefficient (Wildman–Crippen LogP) is 5.33. The average Bonchev–Trinajstić information content (AvgIpc) is 2.81. The topological polar surface area (TPSA) is 141 Å². The number of ether oxygens (including phenoxy) is 1. The van der Waals surface area contributed by atoms with Crippen molar-refractivity contribution in [2.45, 2.75) is 71.5 Å². The van der Waals surface area contributed by atoms with Crippen LogP contribution in [0.4, 0.5) is 0 Å². The summed E-state index contributed by atoms with van der Waals surface area (Å²) in [6.45, 7) is 14.6. The van der Waals surface area contributed by atoms with E-state index in [0.29, 0.717) is 17.5 Å². The zero-order valence-corrected chi connectivity index (χ0v) is 22.5. The first-order chi connectivity index (χ1) is 17.6. The minimum Gasteiger partial charge on any atom is -0.507 e. The molecule has 4 rings (SSSR count). The molecule has 38 heavy (non-hydrogen) atoms. The molecule has 1 atom stereocenters. The predicted molar refractivity (Wildman–Crippen MR) is 145 cm³/mol. The molecule has 3 aromatic rings. The van der Waals surface area contributed by atoms with Crippen molar-refractivity contribution in [1.29, 1.82) is 0 Å². The Bertz CT molecular complexity index is 1550. The Balaban J connectivity index is 2.15. The highest BCUT2D eigenvalue weighted by atomic mass is 16.5. The summed E-state index contributed by atoms with van der Waals surface area (Å²) in [4.78, 5) is 13.4. The van der Waals surface area contributed by atoms with Gasteiger partial charge in [0.15, 0.2) is 17.3 Å². The number of phenolic OH excluding ortho intramolecular Hbond substituents is 3. The number of hydrogen-bond acceptors (Lipinski definition) is 8. The number of aromatic hydroxyl groups is 4. The molecule has 1 aliphatic heterocycles. The molecule has 0 aliphatic carbocycles. The third kappa shape index (κ3) is 4.28. The molecular weight excluding hydrogens is 488 g/mol. The van der Waals surface area contributed by atoms with Crippen LogP contribution in [0.15, 0.2) is 45.6 Å². The lowest BCUT2D eigenvalue weighted by atomic mass is 9.82. The number of benzene rings is 2. The van der Waals surface area contributed by atoms with E-state index < -0.39 is 34.0 Å². The number of aliphatic hydroxyl groups excluding tert-OH is 1. The van der Waals surface area contributed by atoms with Gasteiger partial charge in [-0.3, -0.25) is 4.79 Å². The Morgan fingerprint density at radius 3 is 2.39 bits per heavy atom. The quantitative estimate of drug-likeness (QED) is 0.283. The van der Waals surface area contributed by atoms with Crippen LogP contribution in [-0.4, -0.2) is 37.2 Å². The summed E-state index contributed by atoms with van der Waals surface area (Å²) >= 11 is 0. The van der Waals surface area contributed by atoms with Gasteiger partial charge in [-0.1, -0.05) is 31.6 Å². The molecule has 8 heteroatoms. The molecule has 0 amide bonds. The van der Waals surface area contributed by atoms with Crippen molar-refractivity contribution in [1.82, 2.24) is 0 Å². The Hall–Kier alpha value is -3.91. The summed E-state index contributed by atoms with van der Waals surface area (Å²) in [7, 11) is 0. The first-order valence-electron chi connectivity index (χ1n) is 12.4. The lowest BCUT2D eigenvalue weighted by Gasteiger charge is -2.38. The Morgan fingerprint density at radius 1 is 1.13 bits per heavy atom. The number of phenols is 3. The van der Waals surface area contributed by atoms with Crippen LogP contribution in [-0.2, 0) is 18.3 Å². The van der Waals surface area contributed by atoms with Crippen molar-refractivity contribution in [3.63, 3.8) is 0 Å². The van der Waals surface area contributed by atoms with Crippen molar-refractivity contribution in [3.8, 4) is 40.1 Å². The molecule has 202 valence electrons. The molecule has 1 unspecified atom stereocenters. The fraction of sp³-hybridized carbons (Fsp3) is 0.367. The summed E-state index contributed by atoms with van der Waals surface area (Å²) in [6.07, 6.45) is 3.10. The second-order valence-electron chi connectivity index (χ2n) is 11.2. The summed E-state index contributed by atoms with van der Waals surface area (Å²) in [6, 6.07) is 2.38. The minimum absolute atomic E-state index is 0.118. The van der Waals surface area contributed by atoms with Crippen LogP contribution >= 0.6 is 0 Å². The van der Waals surface area contributed by atoms with Crippen molar-refractivity contribution >= 4 is 11.0 Å². The van der Waals surface area contributed by atoms with Crippen molar-refractivity contribution in [2.24, 2.45) is 0 Å². The molecule has 0 saturated carbocycles. The van der Waals surface area contributed by atoms with Crippen LogP contribution in [0.5, 0.6) is 28.7 Å². The largest absolute Gasteiger partial charge is 0.507 e. The third-order valence-electron chi connectivity index (χ3n) is 7.26. The molecule has 2 aromatic carbocycles. The zero-order valence-electron chi connectivity index (χ0n) is 22.5. The number of rotatable bonds is 5. The second-order valence-corrected chi connectivity index (χ2v) is 11.2. The van der Waals surface area contributed by atoms with Gasteiger partial charge in [-0.15, -0.1) is 6.58 Å². The van der Waals surface area contributed by atoms with Crippen LogP contribution in [0.3, 0.4) is 0 Å². The maximum absolute atomic E-state index is 13.4. The van der Waals surface area contributed by atoms with Crippen LogP contribution in [0, 0.1) is 0 Å². The molecule has 5 N–H and O–H groups in total. The van der Waals surface area contributed by atoms with Gasteiger partial charge in [-0.05, 0) is 45.7 Å². The normalized spacial score (nSPS) is 16.6. The fourth-order valence-corrected chi connectivity index (χ4v) is 4.82. The second kappa shape index (κ2) is 9.13. The van der Waals surface area contributed by atoms with Gasteiger partial charge >= 0.3 is 0 Å². The van der Waals surface area contributed by atoms with E-state index in [2.05, 4.69) is 6.58 Å². The average molecular weight is 523 g/mol. The molecule has 8 nitrogen and oxygen atoms in total. The van der Waals surface area contributed by atoms with E-state index in [1.54, 1.807) is 33.8 Å². The number of fused-ring (bicyclic) bond motifs is 2. The molecule has 0 bridgehead atoms. The molecule has 0 saturated heterocycles. The molecular formula is C30H34O8. The van der Waals surface area contributed by atoms with Crippen LogP contribution in [0.25, 0.3) is 22.3 Å². The highest BCUT2D eigenvalue weighted by molar-refractivity contribution is 5.92. The van der Waals surface area contributed by atoms with E-state index in [0.717, 1.165) is 11.6 Å². The maximum atomic E-state index is 13.4. The van der Waals surface area contributed by atoms with Crippen LogP contribution in [0.2, 0.25) is 0 Å². The highest BCUT2D eigenvalue weighted by Crippen LogP contribution is 2.49. The SMILES string of the molecule is C=CC(C)(C)c1c(O)cc(O)c2c(=O)c(O)c(-c3cc(O)c4c(c3CC=C(C)C)CC(O)C(C)(C)O4)oc12. The van der Waals surface area contributed by atoms with Gasteiger partial charge < -0.3 is 34.7 Å². The van der Waals surface area contributed by atoms with Gasteiger partial charge in [0, 0.05) is 34.6 Å². The number of aliphatic hydroxyl groups is 1. The van der Waals surface area contributed by atoms with E-state index >= 15 is 0 Å². The Morgan fingerprint density at radius 2 is 1.79 bits per heavy atom. The van der Waals surface area contributed by atoms with E-state index in [4.69, 9.17) is 9.15 Å². The van der Waals surface area contributed by atoms with Crippen LogP contribution < -0.4 is 10.2 Å². The molecule has 1 aliphatic rings. The fourth-order valence-electron chi connectivity index (χ4n) is 4.82. The molecule has 0 radical (unpaired) electrons. The van der Waals surface area contributed by atoms with E-state index in [1.165, 1.54) is 6.07 Å². The standard InChI is InChI=1S/C30H34O8/c1-8-29(4,5)23-19(32)13-18(31)22-24(35)25(36)27(37-28(22)23)16-11-20(33)26-17(15(16)10-9-14(2)3)12-21(34)30(6,7)38-26/h8-9,11,13,21,31-34,36H,1,10,12H2,2-7H3. The van der Waals surface area contributed by atoms with Gasteiger partial charge in [0.1, 0.15) is 28.1 Å². The first-order valence-corrected chi connectivity index (χ1v) is 12.4. The number of hydrogen-bond donors (Lipinski definition) is 5. The Kier molecular flexibility index (Phi) is 6.52. The molecule has 0 fully saturated rings.